The third kappa shape index (κ3) is 4.35. The molecule has 9 heteroatoms. The quantitative estimate of drug-likeness (QED) is 0.506. The van der Waals surface area contributed by atoms with Crippen LogP contribution in [0.2, 0.25) is 0 Å². The van der Waals surface area contributed by atoms with Crippen molar-refractivity contribution in [3.63, 3.8) is 0 Å². The van der Waals surface area contributed by atoms with Crippen LogP contribution < -0.4 is 0 Å². The SMILES string of the molecule is COC(=O)c1ccc(C2c3[nH]c4ccccc4c3C[C@H]3C(=O)N(CCCN4CCOCC4)CC(=O)N23)cc1. The van der Waals surface area contributed by atoms with E-state index in [1.807, 2.05) is 30.3 Å². The van der Waals surface area contributed by atoms with Gasteiger partial charge in [0, 0.05) is 49.2 Å². The number of fused-ring (bicyclic) bond motifs is 4. The number of esters is 1. The predicted molar refractivity (Wildman–Crippen MR) is 141 cm³/mol. The fraction of sp³-hybridized carbons (Fsp3) is 0.414. The molecule has 0 saturated carbocycles. The van der Waals surface area contributed by atoms with Crippen LogP contribution in [0.25, 0.3) is 10.9 Å². The van der Waals surface area contributed by atoms with Crippen molar-refractivity contribution in [1.82, 2.24) is 19.7 Å². The molecule has 2 aromatic carbocycles. The maximum Gasteiger partial charge on any atom is 0.337 e. The normalized spacial score (nSPS) is 21.9. The minimum absolute atomic E-state index is 0.00121. The molecule has 0 bridgehead atoms. The van der Waals surface area contributed by atoms with Gasteiger partial charge in [-0.25, -0.2) is 4.79 Å². The molecule has 1 N–H and O–H groups in total. The van der Waals surface area contributed by atoms with E-state index in [-0.39, 0.29) is 18.4 Å². The molecular weight excluding hydrogens is 484 g/mol. The minimum Gasteiger partial charge on any atom is -0.465 e. The molecule has 0 radical (unpaired) electrons. The molecule has 3 aromatic rings. The molecule has 3 aliphatic rings. The Bertz CT molecular complexity index is 1360. The van der Waals surface area contributed by atoms with Gasteiger partial charge < -0.3 is 24.3 Å². The summed E-state index contributed by atoms with van der Waals surface area (Å²) in [5.41, 5.74) is 4.26. The molecule has 1 unspecified atom stereocenters. The Morgan fingerprint density at radius 1 is 1.05 bits per heavy atom. The van der Waals surface area contributed by atoms with Gasteiger partial charge in [-0.1, -0.05) is 30.3 Å². The maximum absolute atomic E-state index is 13.8. The summed E-state index contributed by atoms with van der Waals surface area (Å²) in [5.74, 6) is -0.479. The van der Waals surface area contributed by atoms with Crippen LogP contribution in [-0.2, 0) is 25.5 Å². The van der Waals surface area contributed by atoms with Gasteiger partial charge in [0.25, 0.3) is 0 Å². The first-order chi connectivity index (χ1) is 18.5. The number of piperazine rings is 1. The van der Waals surface area contributed by atoms with Crippen LogP contribution in [0.1, 0.15) is 39.6 Å². The minimum atomic E-state index is -0.573. The van der Waals surface area contributed by atoms with Crippen molar-refractivity contribution in [2.45, 2.75) is 24.9 Å². The maximum atomic E-state index is 13.8. The molecule has 0 aliphatic carbocycles. The highest BCUT2D eigenvalue weighted by molar-refractivity contribution is 5.97. The second kappa shape index (κ2) is 10.2. The highest BCUT2D eigenvalue weighted by atomic mass is 16.5. The van der Waals surface area contributed by atoms with Crippen molar-refractivity contribution in [2.75, 3.05) is 53.0 Å². The van der Waals surface area contributed by atoms with Crippen LogP contribution in [0.3, 0.4) is 0 Å². The van der Waals surface area contributed by atoms with Gasteiger partial charge in [-0.05, 0) is 35.7 Å². The number of H-pyrrole nitrogens is 1. The largest absolute Gasteiger partial charge is 0.465 e. The number of rotatable bonds is 6. The van der Waals surface area contributed by atoms with Crippen LogP contribution in [0.4, 0.5) is 0 Å². The molecule has 6 rings (SSSR count). The molecule has 1 aromatic heterocycles. The fourth-order valence-corrected chi connectivity index (χ4v) is 6.09. The summed E-state index contributed by atoms with van der Waals surface area (Å²) in [6, 6.07) is 14.1. The molecule has 4 heterocycles. The molecular formula is C29H32N4O5. The lowest BCUT2D eigenvalue weighted by molar-refractivity contribution is -0.158. The van der Waals surface area contributed by atoms with E-state index in [1.165, 1.54) is 7.11 Å². The third-order valence-electron chi connectivity index (χ3n) is 8.00. The van der Waals surface area contributed by atoms with E-state index in [9.17, 15) is 14.4 Å². The molecule has 38 heavy (non-hydrogen) atoms. The van der Waals surface area contributed by atoms with E-state index in [4.69, 9.17) is 9.47 Å². The highest BCUT2D eigenvalue weighted by Crippen LogP contribution is 2.42. The molecule has 3 aliphatic heterocycles. The number of hydrogen-bond donors (Lipinski definition) is 1. The summed E-state index contributed by atoms with van der Waals surface area (Å²) in [5, 5.41) is 1.07. The van der Waals surface area contributed by atoms with E-state index in [0.717, 1.165) is 67.0 Å². The third-order valence-corrected chi connectivity index (χ3v) is 8.00. The van der Waals surface area contributed by atoms with Crippen molar-refractivity contribution >= 4 is 28.7 Å². The first-order valence-corrected chi connectivity index (χ1v) is 13.2. The summed E-state index contributed by atoms with van der Waals surface area (Å²) in [4.78, 5) is 48.9. The number of benzene rings is 2. The number of nitrogens with one attached hydrogen (secondary N) is 1. The summed E-state index contributed by atoms with van der Waals surface area (Å²) >= 11 is 0. The van der Waals surface area contributed by atoms with Crippen molar-refractivity contribution < 1.29 is 23.9 Å². The summed E-state index contributed by atoms with van der Waals surface area (Å²) in [7, 11) is 1.35. The number of methoxy groups -OCH3 is 1. The van der Waals surface area contributed by atoms with Gasteiger partial charge in [-0.2, -0.15) is 0 Å². The number of aromatic amines is 1. The highest BCUT2D eigenvalue weighted by Gasteiger charge is 2.48. The summed E-state index contributed by atoms with van der Waals surface area (Å²) in [6.45, 7) is 4.82. The van der Waals surface area contributed by atoms with E-state index in [0.29, 0.717) is 18.5 Å². The monoisotopic (exact) mass is 516 g/mol. The van der Waals surface area contributed by atoms with E-state index < -0.39 is 18.1 Å². The average molecular weight is 517 g/mol. The number of carbonyl (C=O) groups is 3. The number of amides is 2. The molecule has 198 valence electrons. The number of carbonyl (C=O) groups excluding carboxylic acids is 3. The lowest BCUT2D eigenvalue weighted by Gasteiger charge is -2.47. The predicted octanol–water partition coefficient (Wildman–Crippen LogP) is 2.36. The van der Waals surface area contributed by atoms with Gasteiger partial charge in [-0.3, -0.25) is 14.5 Å². The zero-order valence-electron chi connectivity index (χ0n) is 21.5. The van der Waals surface area contributed by atoms with E-state index in [1.54, 1.807) is 21.9 Å². The summed E-state index contributed by atoms with van der Waals surface area (Å²) in [6.07, 6.45) is 1.29. The number of ether oxygens (including phenoxy) is 2. The van der Waals surface area contributed by atoms with Crippen LogP contribution in [-0.4, -0.2) is 96.6 Å². The Morgan fingerprint density at radius 3 is 2.58 bits per heavy atom. The number of para-hydroxylation sites is 1. The van der Waals surface area contributed by atoms with Crippen molar-refractivity contribution in [2.24, 2.45) is 0 Å². The molecule has 0 spiro atoms. The van der Waals surface area contributed by atoms with Crippen LogP contribution in [0.15, 0.2) is 48.5 Å². The molecule has 2 saturated heterocycles. The van der Waals surface area contributed by atoms with Gasteiger partial charge in [0.2, 0.25) is 11.8 Å². The van der Waals surface area contributed by atoms with Crippen molar-refractivity contribution in [1.29, 1.82) is 0 Å². The lowest BCUT2D eigenvalue weighted by Crippen LogP contribution is -2.63. The Labute approximate surface area is 221 Å². The van der Waals surface area contributed by atoms with E-state index in [2.05, 4.69) is 16.0 Å². The van der Waals surface area contributed by atoms with Crippen LogP contribution in [0, 0.1) is 0 Å². The number of nitrogens with zero attached hydrogens (tertiary/aromatic N) is 3. The topological polar surface area (TPSA) is 95.2 Å². The number of morpholine rings is 1. The van der Waals surface area contributed by atoms with Gasteiger partial charge in [0.15, 0.2) is 0 Å². The Balaban J connectivity index is 1.32. The van der Waals surface area contributed by atoms with Gasteiger partial charge in [-0.15, -0.1) is 0 Å². The molecule has 2 fully saturated rings. The average Bonchev–Trinajstić information content (AvgIpc) is 3.33. The van der Waals surface area contributed by atoms with Crippen LogP contribution in [0.5, 0.6) is 0 Å². The number of hydrogen-bond acceptors (Lipinski definition) is 6. The molecule has 9 nitrogen and oxygen atoms in total. The fourth-order valence-electron chi connectivity index (χ4n) is 6.09. The van der Waals surface area contributed by atoms with Gasteiger partial charge >= 0.3 is 5.97 Å². The van der Waals surface area contributed by atoms with Gasteiger partial charge in [0.05, 0.1) is 38.5 Å². The van der Waals surface area contributed by atoms with Crippen LogP contribution >= 0.6 is 0 Å². The summed E-state index contributed by atoms with van der Waals surface area (Å²) < 4.78 is 10.3. The zero-order chi connectivity index (χ0) is 26.2. The Hall–Kier alpha value is -3.69. The first kappa shape index (κ1) is 24.6. The van der Waals surface area contributed by atoms with Crippen molar-refractivity contribution in [3.8, 4) is 0 Å². The van der Waals surface area contributed by atoms with Gasteiger partial charge in [0.1, 0.15) is 6.04 Å². The second-order valence-electron chi connectivity index (χ2n) is 10.2. The molecule has 2 amide bonds. The van der Waals surface area contributed by atoms with E-state index >= 15 is 0 Å². The molecule has 2 atom stereocenters. The lowest BCUT2D eigenvalue weighted by atomic mass is 9.86. The second-order valence-corrected chi connectivity index (χ2v) is 10.2. The smallest absolute Gasteiger partial charge is 0.337 e. The zero-order valence-corrected chi connectivity index (χ0v) is 21.5. The Kier molecular flexibility index (Phi) is 6.63. The first-order valence-electron chi connectivity index (χ1n) is 13.2. The number of aromatic nitrogens is 1. The van der Waals surface area contributed by atoms with Crippen molar-refractivity contribution in [3.05, 3.63) is 70.9 Å². The standard InChI is InChI=1S/C29H32N4O5/c1-37-29(36)20-9-7-19(8-10-20)27-26-22(21-5-2-3-6-23(21)30-26)17-24-28(35)32(18-25(34)33(24)27)12-4-11-31-13-15-38-16-14-31/h2-3,5-10,24,27,30H,4,11-18H2,1H3/t24-,27?/m0/s1. The Morgan fingerprint density at radius 2 is 1.82 bits per heavy atom.